The molecular formula is C25H28FN3O. The van der Waals surface area contributed by atoms with Crippen molar-refractivity contribution in [3.8, 4) is 11.1 Å². The van der Waals surface area contributed by atoms with Gasteiger partial charge in [0.05, 0.1) is 16.9 Å². The third-order valence-electron chi connectivity index (χ3n) is 5.07. The third kappa shape index (κ3) is 4.57. The van der Waals surface area contributed by atoms with Gasteiger partial charge >= 0.3 is 0 Å². The van der Waals surface area contributed by atoms with E-state index in [4.69, 9.17) is 10.7 Å². The van der Waals surface area contributed by atoms with Crippen LogP contribution in [0.25, 0.3) is 11.1 Å². The van der Waals surface area contributed by atoms with Crippen molar-refractivity contribution in [2.45, 2.75) is 40.7 Å². The summed E-state index contributed by atoms with van der Waals surface area (Å²) in [6.07, 6.45) is 0.785. The van der Waals surface area contributed by atoms with Gasteiger partial charge in [-0.25, -0.2) is 4.39 Å². The summed E-state index contributed by atoms with van der Waals surface area (Å²) in [5.74, 6) is -0.661. The maximum absolute atomic E-state index is 14.2. The van der Waals surface area contributed by atoms with Gasteiger partial charge in [-0.1, -0.05) is 55.8 Å². The number of nitrogens with one attached hydrogen (secondary N) is 1. The summed E-state index contributed by atoms with van der Waals surface area (Å²) in [6, 6.07) is 14.0. The maximum Gasteiger partial charge on any atom is 0.258 e. The Labute approximate surface area is 177 Å². The quantitative estimate of drug-likeness (QED) is 0.576. The van der Waals surface area contributed by atoms with E-state index in [-0.39, 0.29) is 5.56 Å². The number of rotatable bonds is 6. The highest BCUT2D eigenvalue weighted by Crippen LogP contribution is 2.36. The van der Waals surface area contributed by atoms with E-state index in [0.717, 1.165) is 34.4 Å². The lowest BCUT2D eigenvalue weighted by Gasteiger charge is -2.21. The molecule has 156 valence electrons. The minimum absolute atomic E-state index is 0.00712. The molecule has 0 radical (unpaired) electrons. The molecule has 0 unspecified atom stereocenters. The Kier molecular flexibility index (Phi) is 6.63. The van der Waals surface area contributed by atoms with E-state index in [9.17, 15) is 9.18 Å². The van der Waals surface area contributed by atoms with Gasteiger partial charge in [0.2, 0.25) is 0 Å². The molecule has 0 saturated heterocycles. The Balaban J connectivity index is 2.19. The number of aryl methyl sites for hydroxylation is 2. The molecular weight excluding hydrogens is 377 g/mol. The number of amides is 1. The average Bonchev–Trinajstić information content (AvgIpc) is 2.70. The SMILES string of the molecule is Cc1ccc(-c2c(CN)c(CC(C)C)nc(C)c2NC(=O)c2ccccc2F)cc1. The molecule has 0 fully saturated rings. The van der Waals surface area contributed by atoms with Crippen molar-refractivity contribution in [1.29, 1.82) is 0 Å². The molecule has 0 saturated carbocycles. The van der Waals surface area contributed by atoms with Crippen LogP contribution in [-0.4, -0.2) is 10.9 Å². The second kappa shape index (κ2) is 9.18. The van der Waals surface area contributed by atoms with Gasteiger partial charge in [0.25, 0.3) is 5.91 Å². The maximum atomic E-state index is 14.2. The van der Waals surface area contributed by atoms with Gasteiger partial charge < -0.3 is 11.1 Å². The highest BCUT2D eigenvalue weighted by atomic mass is 19.1. The molecule has 5 heteroatoms. The molecule has 4 nitrogen and oxygen atoms in total. The molecule has 0 atom stereocenters. The number of pyridine rings is 1. The lowest BCUT2D eigenvalue weighted by atomic mass is 9.92. The predicted molar refractivity (Wildman–Crippen MR) is 120 cm³/mol. The first-order valence-corrected chi connectivity index (χ1v) is 10.2. The zero-order chi connectivity index (χ0) is 21.8. The molecule has 30 heavy (non-hydrogen) atoms. The molecule has 1 amide bonds. The van der Waals surface area contributed by atoms with Gasteiger partial charge in [-0.15, -0.1) is 0 Å². The number of hydrogen-bond acceptors (Lipinski definition) is 3. The lowest BCUT2D eigenvalue weighted by molar-refractivity contribution is 0.102. The predicted octanol–water partition coefficient (Wildman–Crippen LogP) is 5.41. The Morgan fingerprint density at radius 2 is 1.77 bits per heavy atom. The summed E-state index contributed by atoms with van der Waals surface area (Å²) in [4.78, 5) is 17.6. The van der Waals surface area contributed by atoms with E-state index in [1.165, 1.54) is 12.1 Å². The van der Waals surface area contributed by atoms with Crippen LogP contribution >= 0.6 is 0 Å². The van der Waals surface area contributed by atoms with Gasteiger partial charge in [0.1, 0.15) is 5.82 Å². The first-order chi connectivity index (χ1) is 14.3. The van der Waals surface area contributed by atoms with Crippen molar-refractivity contribution in [3.05, 3.63) is 82.4 Å². The van der Waals surface area contributed by atoms with Crippen LogP contribution in [0, 0.1) is 25.6 Å². The van der Waals surface area contributed by atoms with Gasteiger partial charge in [-0.3, -0.25) is 9.78 Å². The number of halogens is 1. The fourth-order valence-electron chi connectivity index (χ4n) is 3.60. The molecule has 1 heterocycles. The van der Waals surface area contributed by atoms with Crippen LogP contribution in [0.4, 0.5) is 10.1 Å². The minimum Gasteiger partial charge on any atom is -0.326 e. The summed E-state index contributed by atoms with van der Waals surface area (Å²) in [7, 11) is 0. The first kappa shape index (κ1) is 21.7. The van der Waals surface area contributed by atoms with Gasteiger partial charge in [-0.2, -0.15) is 0 Å². The van der Waals surface area contributed by atoms with Crippen LogP contribution in [-0.2, 0) is 13.0 Å². The molecule has 2 aromatic carbocycles. The van der Waals surface area contributed by atoms with Crippen molar-refractivity contribution < 1.29 is 9.18 Å². The van der Waals surface area contributed by atoms with Crippen LogP contribution in [0.5, 0.6) is 0 Å². The molecule has 1 aromatic heterocycles. The summed E-state index contributed by atoms with van der Waals surface area (Å²) < 4.78 is 14.2. The Bertz CT molecular complexity index is 1060. The van der Waals surface area contributed by atoms with Crippen LogP contribution in [0.1, 0.15) is 46.7 Å². The van der Waals surface area contributed by atoms with Crippen LogP contribution in [0.15, 0.2) is 48.5 Å². The molecule has 0 bridgehead atoms. The van der Waals surface area contributed by atoms with Crippen molar-refractivity contribution in [3.63, 3.8) is 0 Å². The van der Waals surface area contributed by atoms with Gasteiger partial charge in [0.15, 0.2) is 0 Å². The summed E-state index contributed by atoms with van der Waals surface area (Å²) >= 11 is 0. The van der Waals surface area contributed by atoms with Crippen LogP contribution in [0.2, 0.25) is 0 Å². The second-order valence-electron chi connectivity index (χ2n) is 7.97. The smallest absolute Gasteiger partial charge is 0.258 e. The topological polar surface area (TPSA) is 68.0 Å². The standard InChI is InChI=1S/C25H28FN3O/c1-15(2)13-22-20(14-27)23(18-11-9-16(3)10-12-18)24(17(4)28-22)29-25(30)19-7-5-6-8-21(19)26/h5-12,15H,13-14,27H2,1-4H3,(H,29,30). The molecule has 3 rings (SSSR count). The fourth-order valence-corrected chi connectivity index (χ4v) is 3.60. The normalized spacial score (nSPS) is 11.0. The zero-order valence-electron chi connectivity index (χ0n) is 17.9. The fraction of sp³-hybridized carbons (Fsp3) is 0.280. The number of nitrogens with two attached hydrogens (primary N) is 1. The third-order valence-corrected chi connectivity index (χ3v) is 5.07. The number of aromatic nitrogens is 1. The largest absolute Gasteiger partial charge is 0.326 e. The molecule has 0 aliphatic carbocycles. The number of nitrogens with zero attached hydrogens (tertiary/aromatic N) is 1. The second-order valence-corrected chi connectivity index (χ2v) is 7.97. The number of carbonyl (C=O) groups is 1. The van der Waals surface area contributed by atoms with Crippen molar-refractivity contribution in [1.82, 2.24) is 4.98 Å². The molecule has 0 spiro atoms. The highest BCUT2D eigenvalue weighted by Gasteiger charge is 2.22. The molecule has 0 aliphatic heterocycles. The minimum atomic E-state index is -0.562. The van der Waals surface area contributed by atoms with E-state index < -0.39 is 11.7 Å². The van der Waals surface area contributed by atoms with E-state index in [2.05, 4.69) is 19.2 Å². The molecule has 0 aliphatic rings. The summed E-state index contributed by atoms with van der Waals surface area (Å²) in [6.45, 7) is 8.45. The van der Waals surface area contributed by atoms with Crippen molar-refractivity contribution in [2.24, 2.45) is 11.7 Å². The zero-order valence-corrected chi connectivity index (χ0v) is 17.9. The molecule has 3 aromatic rings. The molecule has 3 N–H and O–H groups in total. The first-order valence-electron chi connectivity index (χ1n) is 10.2. The number of hydrogen-bond donors (Lipinski definition) is 2. The Morgan fingerprint density at radius 1 is 1.10 bits per heavy atom. The van der Waals surface area contributed by atoms with Gasteiger partial charge in [0, 0.05) is 17.8 Å². The van der Waals surface area contributed by atoms with Crippen molar-refractivity contribution >= 4 is 11.6 Å². The number of benzene rings is 2. The van der Waals surface area contributed by atoms with E-state index in [1.807, 2.05) is 38.1 Å². The number of carbonyl (C=O) groups excluding carboxylic acids is 1. The average molecular weight is 406 g/mol. The van der Waals surface area contributed by atoms with Crippen molar-refractivity contribution in [2.75, 3.05) is 5.32 Å². The lowest BCUT2D eigenvalue weighted by Crippen LogP contribution is -2.18. The van der Waals surface area contributed by atoms with Crippen LogP contribution < -0.4 is 11.1 Å². The Morgan fingerprint density at radius 3 is 2.37 bits per heavy atom. The Hall–Kier alpha value is -3.05. The monoisotopic (exact) mass is 405 g/mol. The highest BCUT2D eigenvalue weighted by molar-refractivity contribution is 6.07. The summed E-state index contributed by atoms with van der Waals surface area (Å²) in [5, 5.41) is 2.91. The van der Waals surface area contributed by atoms with E-state index in [1.54, 1.807) is 12.1 Å². The van der Waals surface area contributed by atoms with E-state index in [0.29, 0.717) is 23.8 Å². The number of anilines is 1. The van der Waals surface area contributed by atoms with Gasteiger partial charge in [-0.05, 0) is 49.4 Å². The van der Waals surface area contributed by atoms with Crippen LogP contribution in [0.3, 0.4) is 0 Å². The van der Waals surface area contributed by atoms with E-state index >= 15 is 0 Å². The summed E-state index contributed by atoms with van der Waals surface area (Å²) in [5.41, 5.74) is 12.2.